The molecule has 3 rings (SSSR count). The van der Waals surface area contributed by atoms with Gasteiger partial charge in [-0.3, -0.25) is 0 Å². The van der Waals surface area contributed by atoms with E-state index < -0.39 is 5.60 Å². The van der Waals surface area contributed by atoms with E-state index in [1.54, 1.807) is 41.6 Å². The zero-order valence-corrected chi connectivity index (χ0v) is 15.8. The number of benzene rings is 1. The van der Waals surface area contributed by atoms with Crippen molar-refractivity contribution < 1.29 is 14.3 Å². The highest BCUT2D eigenvalue weighted by atomic mass is 16.6. The molecule has 0 bridgehead atoms. The van der Waals surface area contributed by atoms with Gasteiger partial charge in [0, 0.05) is 31.2 Å². The zero-order valence-electron chi connectivity index (χ0n) is 15.8. The van der Waals surface area contributed by atoms with E-state index in [0.29, 0.717) is 42.5 Å². The third-order valence-electron chi connectivity index (χ3n) is 3.92. The van der Waals surface area contributed by atoms with Crippen LogP contribution in [0.3, 0.4) is 0 Å². The van der Waals surface area contributed by atoms with Gasteiger partial charge in [0.1, 0.15) is 17.0 Å². The van der Waals surface area contributed by atoms with Crippen LogP contribution in [0.5, 0.6) is 11.6 Å². The van der Waals surface area contributed by atoms with E-state index in [0.717, 1.165) is 5.57 Å². The summed E-state index contributed by atoms with van der Waals surface area (Å²) >= 11 is 0. The smallest absolute Gasteiger partial charge is 0.410 e. The number of carbonyl (C=O) groups excluding carboxylic acids is 1. The Hall–Kier alpha value is -3.09. The Morgan fingerprint density at radius 3 is 2.48 bits per heavy atom. The first-order valence-corrected chi connectivity index (χ1v) is 8.83. The van der Waals surface area contributed by atoms with Gasteiger partial charge < -0.3 is 20.1 Å². The molecule has 27 heavy (non-hydrogen) atoms. The Morgan fingerprint density at radius 2 is 1.85 bits per heavy atom. The van der Waals surface area contributed by atoms with Gasteiger partial charge in [0.25, 0.3) is 0 Å². The Morgan fingerprint density at radius 1 is 1.15 bits per heavy atom. The number of aromatic nitrogens is 2. The maximum absolute atomic E-state index is 12.2. The van der Waals surface area contributed by atoms with Crippen LogP contribution in [-0.4, -0.2) is 39.7 Å². The molecule has 1 aliphatic rings. The lowest BCUT2D eigenvalue weighted by Gasteiger charge is -2.29. The molecule has 142 valence electrons. The summed E-state index contributed by atoms with van der Waals surface area (Å²) < 4.78 is 11.3. The Bertz CT molecular complexity index is 841. The van der Waals surface area contributed by atoms with E-state index in [1.165, 1.54) is 0 Å². The summed E-state index contributed by atoms with van der Waals surface area (Å²) in [5, 5.41) is 0. The molecule has 0 saturated carbocycles. The van der Waals surface area contributed by atoms with E-state index in [9.17, 15) is 4.79 Å². The fourth-order valence-corrected chi connectivity index (χ4v) is 2.64. The largest absolute Gasteiger partial charge is 0.444 e. The second-order valence-corrected chi connectivity index (χ2v) is 7.29. The first-order chi connectivity index (χ1) is 12.8. The maximum Gasteiger partial charge on any atom is 0.410 e. The number of nitrogen functional groups attached to an aromatic ring is 1. The molecule has 1 aliphatic heterocycles. The molecule has 0 fully saturated rings. The highest BCUT2D eigenvalue weighted by Crippen LogP contribution is 2.30. The average molecular weight is 368 g/mol. The molecular formula is C20H24N4O3. The summed E-state index contributed by atoms with van der Waals surface area (Å²) in [6, 6.07) is 7.11. The van der Waals surface area contributed by atoms with Gasteiger partial charge in [0.2, 0.25) is 5.88 Å². The van der Waals surface area contributed by atoms with Gasteiger partial charge in [-0.1, -0.05) is 6.08 Å². The van der Waals surface area contributed by atoms with Crippen LogP contribution < -0.4 is 10.5 Å². The Balaban J connectivity index is 1.74. The minimum absolute atomic E-state index is 0.310. The fourth-order valence-electron chi connectivity index (χ4n) is 2.64. The number of hydrogen-bond donors (Lipinski definition) is 1. The van der Waals surface area contributed by atoms with Crippen molar-refractivity contribution in [2.24, 2.45) is 0 Å². The number of rotatable bonds is 3. The molecule has 0 aliphatic carbocycles. The molecule has 2 aromatic rings. The topological polar surface area (TPSA) is 90.6 Å². The van der Waals surface area contributed by atoms with Gasteiger partial charge in [-0.05, 0) is 57.0 Å². The SMILES string of the molecule is CC(C)(C)OC(=O)N1CC=C(c2nccnc2Oc2ccc(N)cc2)CC1. The molecular weight excluding hydrogens is 344 g/mol. The van der Waals surface area contributed by atoms with Crippen molar-refractivity contribution >= 4 is 17.4 Å². The predicted molar refractivity (Wildman–Crippen MR) is 103 cm³/mol. The summed E-state index contributed by atoms with van der Waals surface area (Å²) in [5.74, 6) is 1.07. The highest BCUT2D eigenvalue weighted by molar-refractivity contribution is 5.73. The number of nitrogens with two attached hydrogens (primary N) is 1. The van der Waals surface area contributed by atoms with E-state index >= 15 is 0 Å². The molecule has 0 radical (unpaired) electrons. The van der Waals surface area contributed by atoms with Crippen LogP contribution in [0.2, 0.25) is 0 Å². The van der Waals surface area contributed by atoms with E-state index in [4.69, 9.17) is 15.2 Å². The first-order valence-electron chi connectivity index (χ1n) is 8.83. The summed E-state index contributed by atoms with van der Waals surface area (Å²) in [7, 11) is 0. The summed E-state index contributed by atoms with van der Waals surface area (Å²) in [5.41, 5.74) is 7.54. The van der Waals surface area contributed by atoms with Crippen LogP contribution in [-0.2, 0) is 4.74 Å². The molecule has 2 N–H and O–H groups in total. The average Bonchev–Trinajstić information content (AvgIpc) is 2.63. The molecule has 1 aromatic carbocycles. The first kappa shape index (κ1) is 18.7. The number of carbonyl (C=O) groups is 1. The summed E-state index contributed by atoms with van der Waals surface area (Å²) in [6.45, 7) is 6.59. The van der Waals surface area contributed by atoms with Crippen molar-refractivity contribution in [3.05, 3.63) is 48.4 Å². The monoisotopic (exact) mass is 368 g/mol. The van der Waals surface area contributed by atoms with Crippen molar-refractivity contribution in [2.45, 2.75) is 32.8 Å². The van der Waals surface area contributed by atoms with Crippen LogP contribution in [0.1, 0.15) is 32.9 Å². The van der Waals surface area contributed by atoms with Crippen LogP contribution in [0.15, 0.2) is 42.7 Å². The number of nitrogens with zero attached hydrogens (tertiary/aromatic N) is 3. The predicted octanol–water partition coefficient (Wildman–Crippen LogP) is 3.88. The second kappa shape index (κ2) is 7.65. The Labute approximate surface area is 158 Å². The zero-order chi connectivity index (χ0) is 19.4. The lowest BCUT2D eigenvalue weighted by molar-refractivity contribution is 0.0270. The number of amides is 1. The Kier molecular flexibility index (Phi) is 5.30. The van der Waals surface area contributed by atoms with E-state index in [-0.39, 0.29) is 6.09 Å². The summed E-state index contributed by atoms with van der Waals surface area (Å²) in [6.07, 6.45) is 5.53. The van der Waals surface area contributed by atoms with Gasteiger partial charge >= 0.3 is 6.09 Å². The second-order valence-electron chi connectivity index (χ2n) is 7.29. The molecule has 1 aromatic heterocycles. The van der Waals surface area contributed by atoms with Gasteiger partial charge in [0.05, 0.1) is 0 Å². The third-order valence-corrected chi connectivity index (χ3v) is 3.92. The summed E-state index contributed by atoms with van der Waals surface area (Å²) in [4.78, 5) is 22.6. The normalized spacial score (nSPS) is 14.5. The van der Waals surface area contributed by atoms with Gasteiger partial charge in [0.15, 0.2) is 0 Å². The molecule has 0 atom stereocenters. The third kappa shape index (κ3) is 4.97. The van der Waals surface area contributed by atoms with Crippen LogP contribution in [0.25, 0.3) is 5.57 Å². The van der Waals surface area contributed by atoms with Crippen molar-refractivity contribution in [3.8, 4) is 11.6 Å². The molecule has 1 amide bonds. The molecule has 0 saturated heterocycles. The minimum Gasteiger partial charge on any atom is -0.444 e. The van der Waals surface area contributed by atoms with Crippen LogP contribution in [0, 0.1) is 0 Å². The van der Waals surface area contributed by atoms with Gasteiger partial charge in [-0.25, -0.2) is 14.8 Å². The van der Waals surface area contributed by atoms with Crippen molar-refractivity contribution in [1.29, 1.82) is 0 Å². The lowest BCUT2D eigenvalue weighted by Crippen LogP contribution is -2.39. The maximum atomic E-state index is 12.2. The van der Waals surface area contributed by atoms with Crippen molar-refractivity contribution in [2.75, 3.05) is 18.8 Å². The van der Waals surface area contributed by atoms with Crippen molar-refractivity contribution in [1.82, 2.24) is 14.9 Å². The number of anilines is 1. The van der Waals surface area contributed by atoms with Gasteiger partial charge in [-0.2, -0.15) is 0 Å². The quantitative estimate of drug-likeness (QED) is 0.827. The molecule has 0 spiro atoms. The van der Waals surface area contributed by atoms with E-state index in [1.807, 2.05) is 26.8 Å². The van der Waals surface area contributed by atoms with Crippen LogP contribution >= 0.6 is 0 Å². The highest BCUT2D eigenvalue weighted by Gasteiger charge is 2.25. The fraction of sp³-hybridized carbons (Fsp3) is 0.350. The van der Waals surface area contributed by atoms with Crippen molar-refractivity contribution in [3.63, 3.8) is 0 Å². The lowest BCUT2D eigenvalue weighted by atomic mass is 10.1. The van der Waals surface area contributed by atoms with E-state index in [2.05, 4.69) is 9.97 Å². The molecule has 7 nitrogen and oxygen atoms in total. The van der Waals surface area contributed by atoms with Gasteiger partial charge in [-0.15, -0.1) is 0 Å². The number of hydrogen-bond acceptors (Lipinski definition) is 6. The van der Waals surface area contributed by atoms with Crippen LogP contribution in [0.4, 0.5) is 10.5 Å². The molecule has 2 heterocycles. The minimum atomic E-state index is -0.508. The number of ether oxygens (including phenoxy) is 2. The molecule has 0 unspecified atom stereocenters. The molecule has 7 heteroatoms. The standard InChI is InChI=1S/C20H24N4O3/c1-20(2,3)27-19(25)24-12-8-14(9-13-24)17-18(23-11-10-22-17)26-16-6-4-15(21)5-7-16/h4-8,10-11H,9,12-13,21H2,1-3H3.